The first-order valence-electron chi connectivity index (χ1n) is 11.6. The molecule has 0 atom stereocenters. The summed E-state index contributed by atoms with van der Waals surface area (Å²) < 4.78 is 45.7. The van der Waals surface area contributed by atoms with Gasteiger partial charge >= 0.3 is 0 Å². The minimum Gasteiger partial charge on any atom is -0.495 e. The third-order valence-electron chi connectivity index (χ3n) is 6.09. The lowest BCUT2D eigenvalue weighted by Gasteiger charge is -2.18. The molecule has 34 heavy (non-hydrogen) atoms. The summed E-state index contributed by atoms with van der Waals surface area (Å²) in [6.45, 7) is 4.56. The Labute approximate surface area is 201 Å². The zero-order valence-corrected chi connectivity index (χ0v) is 20.7. The highest BCUT2D eigenvalue weighted by Crippen LogP contribution is 2.41. The molecule has 1 aliphatic carbocycles. The van der Waals surface area contributed by atoms with E-state index in [-0.39, 0.29) is 46.9 Å². The Hall–Kier alpha value is -2.78. The molecule has 0 unspecified atom stereocenters. The third-order valence-corrected chi connectivity index (χ3v) is 7.63. The first kappa shape index (κ1) is 24.3. The average Bonchev–Trinajstić information content (AvgIpc) is 3.41. The highest BCUT2D eigenvalue weighted by atomic mass is 32.2. The molecule has 184 valence electrons. The third kappa shape index (κ3) is 5.47. The molecule has 2 aliphatic rings. The topological polar surface area (TPSA) is 103 Å². The van der Waals surface area contributed by atoms with Crippen molar-refractivity contribution >= 4 is 15.9 Å². The van der Waals surface area contributed by atoms with Crippen LogP contribution in [0.1, 0.15) is 55.5 Å². The Bertz CT molecular complexity index is 1160. The van der Waals surface area contributed by atoms with Crippen LogP contribution in [0.4, 0.5) is 0 Å². The van der Waals surface area contributed by atoms with E-state index in [1.165, 1.54) is 19.2 Å². The summed E-state index contributed by atoms with van der Waals surface area (Å²) in [6.07, 6.45) is 4.45. The number of carbonyl (C=O) groups excluding carboxylic acids is 1. The van der Waals surface area contributed by atoms with E-state index in [2.05, 4.69) is 10.0 Å². The Morgan fingerprint density at radius 3 is 2.65 bits per heavy atom. The summed E-state index contributed by atoms with van der Waals surface area (Å²) >= 11 is 0. The molecule has 0 saturated heterocycles. The van der Waals surface area contributed by atoms with E-state index in [9.17, 15) is 13.2 Å². The predicted molar refractivity (Wildman–Crippen MR) is 128 cm³/mol. The van der Waals surface area contributed by atoms with Crippen LogP contribution in [0.5, 0.6) is 17.2 Å². The highest BCUT2D eigenvalue weighted by Gasteiger charge is 2.32. The molecule has 8 nitrogen and oxygen atoms in total. The van der Waals surface area contributed by atoms with Gasteiger partial charge in [0.2, 0.25) is 10.0 Å². The van der Waals surface area contributed by atoms with Gasteiger partial charge in [0.25, 0.3) is 5.91 Å². The fourth-order valence-corrected chi connectivity index (χ4v) is 5.98. The summed E-state index contributed by atoms with van der Waals surface area (Å²) in [7, 11) is -2.40. The number of hydrogen-bond donors (Lipinski definition) is 2. The number of amides is 1. The van der Waals surface area contributed by atoms with Crippen LogP contribution in [0.3, 0.4) is 0 Å². The van der Waals surface area contributed by atoms with Crippen molar-refractivity contribution in [2.45, 2.75) is 62.5 Å². The lowest BCUT2D eigenvalue weighted by molar-refractivity contribution is 0.0946. The van der Waals surface area contributed by atoms with E-state index in [4.69, 9.17) is 14.2 Å². The number of nitrogens with one attached hydrogen (secondary N) is 2. The summed E-state index contributed by atoms with van der Waals surface area (Å²) in [5.41, 5.74) is 1.07. The standard InChI is InChI=1S/C25H32N2O6S/c1-25(2)16-18-7-6-10-21(23(18)33-25)32-14-13-26-24(28)17-11-12-20(31-3)22(15-17)34(29,30)27-19-8-4-5-9-19/h6-7,10-12,15,19,27H,4-5,8-9,13-14,16H2,1-3H3,(H,26,28). The normalized spacial score (nSPS) is 17.1. The van der Waals surface area contributed by atoms with Crippen molar-refractivity contribution in [3.8, 4) is 17.2 Å². The van der Waals surface area contributed by atoms with Crippen molar-refractivity contribution in [1.29, 1.82) is 0 Å². The fourth-order valence-electron chi connectivity index (χ4n) is 4.48. The zero-order valence-electron chi connectivity index (χ0n) is 19.8. The van der Waals surface area contributed by atoms with E-state index < -0.39 is 10.0 Å². The van der Waals surface area contributed by atoms with Gasteiger partial charge in [-0.2, -0.15) is 0 Å². The van der Waals surface area contributed by atoms with Crippen LogP contribution in [0, 0.1) is 0 Å². The van der Waals surface area contributed by atoms with Crippen LogP contribution in [0.15, 0.2) is 41.3 Å². The van der Waals surface area contributed by atoms with Gasteiger partial charge in [0.1, 0.15) is 22.9 Å². The molecule has 0 radical (unpaired) electrons. The molecule has 1 amide bonds. The molecule has 4 rings (SSSR count). The molecular formula is C25H32N2O6S. The maximum absolute atomic E-state index is 12.9. The van der Waals surface area contributed by atoms with Crippen molar-refractivity contribution in [1.82, 2.24) is 10.0 Å². The smallest absolute Gasteiger partial charge is 0.251 e. The van der Waals surface area contributed by atoms with Crippen LogP contribution in [0.2, 0.25) is 0 Å². The van der Waals surface area contributed by atoms with Gasteiger partial charge < -0.3 is 19.5 Å². The van der Waals surface area contributed by atoms with Crippen LogP contribution >= 0.6 is 0 Å². The van der Waals surface area contributed by atoms with E-state index in [0.717, 1.165) is 43.4 Å². The minimum atomic E-state index is -3.81. The van der Waals surface area contributed by atoms with Crippen LogP contribution in [-0.4, -0.2) is 46.2 Å². The number of hydrogen-bond acceptors (Lipinski definition) is 6. The predicted octanol–water partition coefficient (Wildman–Crippen LogP) is 3.44. The SMILES string of the molecule is COc1ccc(C(=O)NCCOc2cccc3c2OC(C)(C)C3)cc1S(=O)(=O)NC1CCCC1. The molecule has 2 aromatic rings. The van der Waals surface area contributed by atoms with Gasteiger partial charge in [-0.1, -0.05) is 25.0 Å². The highest BCUT2D eigenvalue weighted by molar-refractivity contribution is 7.89. The maximum Gasteiger partial charge on any atom is 0.251 e. The van der Waals surface area contributed by atoms with Gasteiger partial charge in [-0.25, -0.2) is 13.1 Å². The van der Waals surface area contributed by atoms with E-state index >= 15 is 0 Å². The largest absolute Gasteiger partial charge is 0.495 e. The Morgan fingerprint density at radius 1 is 1.15 bits per heavy atom. The quantitative estimate of drug-likeness (QED) is 0.524. The van der Waals surface area contributed by atoms with Crippen LogP contribution in [0.25, 0.3) is 0 Å². The first-order valence-corrected chi connectivity index (χ1v) is 13.1. The fraction of sp³-hybridized carbons (Fsp3) is 0.480. The second-order valence-electron chi connectivity index (χ2n) is 9.36. The van der Waals surface area contributed by atoms with Crippen molar-refractivity contribution in [2.24, 2.45) is 0 Å². The number of benzene rings is 2. The van der Waals surface area contributed by atoms with Crippen LogP contribution < -0.4 is 24.2 Å². The molecule has 2 N–H and O–H groups in total. The second-order valence-corrected chi connectivity index (χ2v) is 11.0. The van der Waals surface area contributed by atoms with Crippen molar-refractivity contribution in [2.75, 3.05) is 20.3 Å². The Kier molecular flexibility index (Phi) is 7.04. The van der Waals surface area contributed by atoms with Crippen molar-refractivity contribution in [3.63, 3.8) is 0 Å². The number of methoxy groups -OCH3 is 1. The summed E-state index contributed by atoms with van der Waals surface area (Å²) in [4.78, 5) is 12.7. The molecule has 0 aromatic heterocycles. The van der Waals surface area contributed by atoms with Crippen molar-refractivity contribution < 1.29 is 27.4 Å². The molecule has 9 heteroatoms. The number of carbonyl (C=O) groups is 1. The molecule has 1 aliphatic heterocycles. The van der Waals surface area contributed by atoms with Gasteiger partial charge in [-0.05, 0) is 51.0 Å². The number of ether oxygens (including phenoxy) is 3. The monoisotopic (exact) mass is 488 g/mol. The van der Waals surface area contributed by atoms with E-state index in [0.29, 0.717) is 5.75 Å². The van der Waals surface area contributed by atoms with Gasteiger partial charge in [-0.15, -0.1) is 0 Å². The number of fused-ring (bicyclic) bond motifs is 1. The molecule has 1 saturated carbocycles. The van der Waals surface area contributed by atoms with E-state index in [1.807, 2.05) is 32.0 Å². The summed E-state index contributed by atoms with van der Waals surface area (Å²) in [5.74, 6) is 1.21. The average molecular weight is 489 g/mol. The molecule has 2 aromatic carbocycles. The molecular weight excluding hydrogens is 456 g/mol. The van der Waals surface area contributed by atoms with Crippen molar-refractivity contribution in [3.05, 3.63) is 47.5 Å². The second kappa shape index (κ2) is 9.84. The van der Waals surface area contributed by atoms with Gasteiger partial charge in [0, 0.05) is 23.6 Å². The number of rotatable bonds is 9. The van der Waals surface area contributed by atoms with Crippen LogP contribution in [-0.2, 0) is 16.4 Å². The minimum absolute atomic E-state index is 0.0367. The maximum atomic E-state index is 12.9. The first-order chi connectivity index (χ1) is 16.2. The van der Waals surface area contributed by atoms with E-state index in [1.54, 1.807) is 6.07 Å². The lowest BCUT2D eigenvalue weighted by Crippen LogP contribution is -2.33. The molecule has 0 spiro atoms. The van der Waals surface area contributed by atoms with Gasteiger partial charge in [0.05, 0.1) is 13.7 Å². The molecule has 1 fully saturated rings. The molecule has 1 heterocycles. The number of para-hydroxylation sites is 1. The van der Waals surface area contributed by atoms with Gasteiger partial charge in [0.15, 0.2) is 11.5 Å². The zero-order chi connectivity index (χ0) is 24.3. The Balaban J connectivity index is 1.38. The molecule has 0 bridgehead atoms. The summed E-state index contributed by atoms with van der Waals surface area (Å²) in [5, 5.41) is 2.78. The number of sulfonamides is 1. The Morgan fingerprint density at radius 2 is 1.91 bits per heavy atom. The van der Waals surface area contributed by atoms with Gasteiger partial charge in [-0.3, -0.25) is 4.79 Å². The summed E-state index contributed by atoms with van der Waals surface area (Å²) in [6, 6.07) is 10.1. The lowest BCUT2D eigenvalue weighted by atomic mass is 10.0.